The number of carbonyl (C=O) groups is 1. The van der Waals surface area contributed by atoms with Crippen molar-refractivity contribution < 1.29 is 19.7 Å². The number of hydrogen-bond acceptors (Lipinski definition) is 4. The van der Waals surface area contributed by atoms with Gasteiger partial charge in [0.2, 0.25) is 0 Å². The molecule has 0 aromatic carbocycles. The fraction of sp³-hybridized carbons (Fsp3) is 0.562. The number of allylic oxidation sites excluding steroid dienone is 6. The highest BCUT2D eigenvalue weighted by molar-refractivity contribution is 5.69. The molecule has 0 saturated carbocycles. The van der Waals surface area contributed by atoms with Gasteiger partial charge < -0.3 is 14.9 Å². The maximum Gasteiger partial charge on any atom is 0.306 e. The van der Waals surface area contributed by atoms with E-state index in [2.05, 4.69) is 31.2 Å². The molecule has 0 heterocycles. The van der Waals surface area contributed by atoms with Crippen LogP contribution in [0.25, 0.3) is 0 Å². The highest BCUT2D eigenvalue weighted by Gasteiger charge is 2.06. The van der Waals surface area contributed by atoms with Gasteiger partial charge in [-0.2, -0.15) is 0 Å². The molecule has 1 atom stereocenters. The molecule has 0 spiro atoms. The van der Waals surface area contributed by atoms with Crippen LogP contribution in [0.1, 0.15) is 39.0 Å². The zero-order chi connectivity index (χ0) is 15.1. The largest absolute Gasteiger partial charge is 0.463 e. The summed E-state index contributed by atoms with van der Waals surface area (Å²) in [5.41, 5.74) is 0. The summed E-state index contributed by atoms with van der Waals surface area (Å²) in [5.74, 6) is -0.359. The Bertz CT molecular complexity index is 318. The predicted octanol–water partition coefficient (Wildman–Crippen LogP) is 2.52. The molecule has 0 aromatic rings. The van der Waals surface area contributed by atoms with E-state index in [4.69, 9.17) is 14.9 Å². The molecule has 0 aliphatic heterocycles. The maximum atomic E-state index is 11.2. The molecular weight excluding hydrogens is 256 g/mol. The molecule has 4 nitrogen and oxygen atoms in total. The number of rotatable bonds is 11. The minimum absolute atomic E-state index is 0.146. The Morgan fingerprint density at radius 2 is 1.70 bits per heavy atom. The van der Waals surface area contributed by atoms with Crippen LogP contribution in [-0.2, 0) is 9.53 Å². The van der Waals surface area contributed by atoms with Crippen LogP contribution in [-0.4, -0.2) is 35.5 Å². The number of aliphatic hydroxyl groups is 2. The average molecular weight is 282 g/mol. The lowest BCUT2D eigenvalue weighted by Gasteiger charge is -2.07. The third-order valence-corrected chi connectivity index (χ3v) is 2.44. The third kappa shape index (κ3) is 13.1. The van der Waals surface area contributed by atoms with Crippen LogP contribution in [0.15, 0.2) is 36.5 Å². The highest BCUT2D eigenvalue weighted by Crippen LogP contribution is 1.98. The van der Waals surface area contributed by atoms with Gasteiger partial charge in [0.05, 0.1) is 6.61 Å². The maximum absolute atomic E-state index is 11.2. The van der Waals surface area contributed by atoms with Gasteiger partial charge in [-0.15, -0.1) is 0 Å². The summed E-state index contributed by atoms with van der Waals surface area (Å²) in [6.07, 6.45) is 15.2. The van der Waals surface area contributed by atoms with Gasteiger partial charge in [-0.3, -0.25) is 4.79 Å². The van der Waals surface area contributed by atoms with E-state index in [1.54, 1.807) is 0 Å². The van der Waals surface area contributed by atoms with Crippen molar-refractivity contribution in [2.45, 2.75) is 45.1 Å². The summed E-state index contributed by atoms with van der Waals surface area (Å²) in [6, 6.07) is 0. The number of carbonyl (C=O) groups excluding carboxylic acids is 1. The first-order valence-electron chi connectivity index (χ1n) is 7.10. The van der Waals surface area contributed by atoms with E-state index >= 15 is 0 Å². The number of esters is 1. The molecule has 2 N–H and O–H groups in total. The Labute approximate surface area is 121 Å². The fourth-order valence-electron chi connectivity index (χ4n) is 1.34. The summed E-state index contributed by atoms with van der Waals surface area (Å²) in [7, 11) is 0. The summed E-state index contributed by atoms with van der Waals surface area (Å²) in [5, 5.41) is 17.5. The molecule has 0 saturated heterocycles. The molecule has 0 aliphatic carbocycles. The van der Waals surface area contributed by atoms with Crippen molar-refractivity contribution in [3.8, 4) is 0 Å². The predicted molar refractivity (Wildman–Crippen MR) is 80.2 cm³/mol. The molecule has 4 heteroatoms. The Kier molecular flexibility index (Phi) is 13.1. The van der Waals surface area contributed by atoms with Crippen LogP contribution in [0.2, 0.25) is 0 Å². The molecule has 0 radical (unpaired) electrons. The van der Waals surface area contributed by atoms with Gasteiger partial charge in [0.15, 0.2) is 0 Å². The zero-order valence-electron chi connectivity index (χ0n) is 12.2. The van der Waals surface area contributed by atoms with Crippen LogP contribution in [0, 0.1) is 0 Å². The number of ether oxygens (including phenoxy) is 1. The van der Waals surface area contributed by atoms with E-state index in [1.165, 1.54) is 0 Å². The van der Waals surface area contributed by atoms with Crippen molar-refractivity contribution in [1.29, 1.82) is 0 Å². The monoisotopic (exact) mass is 282 g/mol. The molecule has 0 amide bonds. The summed E-state index contributed by atoms with van der Waals surface area (Å²) < 4.78 is 4.77. The van der Waals surface area contributed by atoms with E-state index in [0.29, 0.717) is 6.42 Å². The van der Waals surface area contributed by atoms with Crippen molar-refractivity contribution >= 4 is 5.97 Å². The quantitative estimate of drug-likeness (QED) is 0.451. The minimum atomic E-state index is -0.985. The second kappa shape index (κ2) is 14.0. The molecule has 20 heavy (non-hydrogen) atoms. The van der Waals surface area contributed by atoms with Gasteiger partial charge >= 0.3 is 5.97 Å². The SMILES string of the molecule is CCC=CCC=CCC=CCCC(=O)OCC(O)CO. The van der Waals surface area contributed by atoms with Gasteiger partial charge in [-0.05, 0) is 25.7 Å². The topological polar surface area (TPSA) is 66.8 Å². The Balaban J connectivity index is 3.51. The number of aliphatic hydroxyl groups excluding tert-OH is 2. The van der Waals surface area contributed by atoms with Crippen LogP contribution in [0.5, 0.6) is 0 Å². The minimum Gasteiger partial charge on any atom is -0.463 e. The highest BCUT2D eigenvalue weighted by atomic mass is 16.5. The second-order valence-corrected chi connectivity index (χ2v) is 4.35. The van der Waals surface area contributed by atoms with E-state index < -0.39 is 12.7 Å². The molecule has 0 bridgehead atoms. The summed E-state index contributed by atoms with van der Waals surface area (Å²) >= 11 is 0. The van der Waals surface area contributed by atoms with Gasteiger partial charge in [0.25, 0.3) is 0 Å². The standard InChI is InChI=1S/C16H26O4/c1-2-3-4-5-6-7-8-9-10-11-12-16(19)20-14-15(18)13-17/h3-4,6-7,9-10,15,17-18H,2,5,8,11-14H2,1H3. The van der Waals surface area contributed by atoms with E-state index in [9.17, 15) is 4.79 Å². The van der Waals surface area contributed by atoms with E-state index in [1.807, 2.05) is 12.2 Å². The summed E-state index contributed by atoms with van der Waals surface area (Å²) in [4.78, 5) is 11.2. The van der Waals surface area contributed by atoms with Crippen molar-refractivity contribution in [2.75, 3.05) is 13.2 Å². The van der Waals surface area contributed by atoms with Crippen LogP contribution in [0.3, 0.4) is 0 Å². The molecule has 1 unspecified atom stereocenters. The Morgan fingerprint density at radius 1 is 1.10 bits per heavy atom. The average Bonchev–Trinajstić information content (AvgIpc) is 2.46. The third-order valence-electron chi connectivity index (χ3n) is 2.44. The normalized spacial score (nSPS) is 13.6. The van der Waals surface area contributed by atoms with Crippen molar-refractivity contribution in [1.82, 2.24) is 0 Å². The summed E-state index contributed by atoms with van der Waals surface area (Å²) in [6.45, 7) is 1.57. The second-order valence-electron chi connectivity index (χ2n) is 4.35. The van der Waals surface area contributed by atoms with Gasteiger partial charge in [-0.25, -0.2) is 0 Å². The lowest BCUT2D eigenvalue weighted by atomic mass is 10.2. The number of hydrogen-bond donors (Lipinski definition) is 2. The van der Waals surface area contributed by atoms with Crippen molar-refractivity contribution in [2.24, 2.45) is 0 Å². The van der Waals surface area contributed by atoms with Crippen molar-refractivity contribution in [3.63, 3.8) is 0 Å². The first-order chi connectivity index (χ1) is 9.70. The lowest BCUT2D eigenvalue weighted by Crippen LogP contribution is -2.21. The fourth-order valence-corrected chi connectivity index (χ4v) is 1.34. The lowest BCUT2D eigenvalue weighted by molar-refractivity contribution is -0.147. The Hall–Kier alpha value is -1.39. The van der Waals surface area contributed by atoms with Gasteiger partial charge in [0, 0.05) is 6.42 Å². The molecule has 0 rings (SSSR count). The smallest absolute Gasteiger partial charge is 0.306 e. The van der Waals surface area contributed by atoms with Crippen LogP contribution in [0.4, 0.5) is 0 Å². The molecule has 0 aromatic heterocycles. The zero-order valence-corrected chi connectivity index (χ0v) is 12.2. The molecule has 0 fully saturated rings. The molecule has 0 aliphatic rings. The van der Waals surface area contributed by atoms with E-state index in [0.717, 1.165) is 19.3 Å². The van der Waals surface area contributed by atoms with Gasteiger partial charge in [0.1, 0.15) is 12.7 Å². The first-order valence-corrected chi connectivity index (χ1v) is 7.10. The Morgan fingerprint density at radius 3 is 2.30 bits per heavy atom. The first kappa shape index (κ1) is 18.6. The van der Waals surface area contributed by atoms with Crippen LogP contribution >= 0.6 is 0 Å². The molecular formula is C16H26O4. The van der Waals surface area contributed by atoms with Crippen molar-refractivity contribution in [3.05, 3.63) is 36.5 Å². The van der Waals surface area contributed by atoms with Crippen LogP contribution < -0.4 is 0 Å². The van der Waals surface area contributed by atoms with E-state index in [-0.39, 0.29) is 19.0 Å². The van der Waals surface area contributed by atoms with Gasteiger partial charge in [-0.1, -0.05) is 43.4 Å². The molecule has 114 valence electrons.